The molecule has 30 heavy (non-hydrogen) atoms. The second-order valence-corrected chi connectivity index (χ2v) is 8.32. The molecule has 2 aromatic carbocycles. The highest BCUT2D eigenvalue weighted by Gasteiger charge is 2.22. The zero-order chi connectivity index (χ0) is 20.9. The van der Waals surface area contributed by atoms with Crippen LogP contribution in [-0.2, 0) is 11.3 Å². The van der Waals surface area contributed by atoms with Crippen LogP contribution in [0.4, 0.5) is 4.39 Å². The Hall–Kier alpha value is -2.42. The number of nitrogens with zero attached hydrogens (tertiary/aromatic N) is 4. The molecule has 2 heterocycles. The lowest BCUT2D eigenvalue weighted by Gasteiger charge is -2.34. The van der Waals surface area contributed by atoms with E-state index in [9.17, 15) is 9.18 Å². The van der Waals surface area contributed by atoms with Gasteiger partial charge in [-0.2, -0.15) is 0 Å². The summed E-state index contributed by atoms with van der Waals surface area (Å²) in [7, 11) is 0. The molecular weight excluding hydrogens is 427 g/mol. The molecule has 1 aliphatic rings. The van der Waals surface area contributed by atoms with Crippen molar-refractivity contribution in [3.8, 4) is 11.5 Å². The molecule has 0 radical (unpaired) electrons. The summed E-state index contributed by atoms with van der Waals surface area (Å²) in [5.74, 6) is 0.266. The molecule has 3 aromatic rings. The lowest BCUT2D eigenvalue weighted by atomic mass is 10.2. The van der Waals surface area contributed by atoms with Crippen LogP contribution < -0.4 is 0 Å². The average Bonchev–Trinajstić information content (AvgIpc) is 3.24. The Morgan fingerprint density at radius 3 is 2.43 bits per heavy atom. The molecule has 1 aliphatic heterocycles. The molecule has 0 spiro atoms. The number of carbonyl (C=O) groups is 1. The summed E-state index contributed by atoms with van der Waals surface area (Å²) in [5.41, 5.74) is 1.85. The van der Waals surface area contributed by atoms with Crippen molar-refractivity contribution in [1.29, 1.82) is 0 Å². The fraction of sp³-hybridized carbons (Fsp3) is 0.286. The van der Waals surface area contributed by atoms with Crippen LogP contribution in [0.5, 0.6) is 0 Å². The molecule has 1 fully saturated rings. The van der Waals surface area contributed by atoms with Gasteiger partial charge in [0.15, 0.2) is 0 Å². The van der Waals surface area contributed by atoms with E-state index >= 15 is 0 Å². The molecule has 156 valence electrons. The third-order valence-electron chi connectivity index (χ3n) is 4.86. The van der Waals surface area contributed by atoms with Gasteiger partial charge in [0.2, 0.25) is 11.8 Å². The number of halogens is 2. The number of hydrogen-bond donors (Lipinski definition) is 0. The van der Waals surface area contributed by atoms with Gasteiger partial charge < -0.3 is 9.32 Å². The van der Waals surface area contributed by atoms with Crippen LogP contribution in [0.25, 0.3) is 11.5 Å². The monoisotopic (exact) mass is 446 g/mol. The van der Waals surface area contributed by atoms with Crippen LogP contribution >= 0.6 is 23.4 Å². The average molecular weight is 447 g/mol. The topological polar surface area (TPSA) is 62.5 Å². The number of amides is 1. The highest BCUT2D eigenvalue weighted by atomic mass is 35.5. The summed E-state index contributed by atoms with van der Waals surface area (Å²) in [4.78, 5) is 16.7. The Morgan fingerprint density at radius 2 is 1.73 bits per heavy atom. The van der Waals surface area contributed by atoms with Crippen LogP contribution in [0.1, 0.15) is 5.56 Å². The van der Waals surface area contributed by atoms with Gasteiger partial charge in [-0.05, 0) is 42.0 Å². The van der Waals surface area contributed by atoms with E-state index in [4.69, 9.17) is 16.0 Å². The summed E-state index contributed by atoms with van der Waals surface area (Å²) < 4.78 is 18.6. The largest absolute Gasteiger partial charge is 0.411 e. The lowest BCUT2D eigenvalue weighted by molar-refractivity contribution is -0.130. The summed E-state index contributed by atoms with van der Waals surface area (Å²) in [6, 6.07) is 13.7. The highest BCUT2D eigenvalue weighted by Crippen LogP contribution is 2.23. The lowest BCUT2D eigenvalue weighted by Crippen LogP contribution is -2.48. The summed E-state index contributed by atoms with van der Waals surface area (Å²) >= 11 is 7.15. The van der Waals surface area contributed by atoms with E-state index in [1.165, 1.54) is 29.5 Å². The molecule has 0 unspecified atom stereocenters. The number of rotatable bonds is 6. The van der Waals surface area contributed by atoms with Gasteiger partial charge in [-0.25, -0.2) is 4.39 Å². The smallest absolute Gasteiger partial charge is 0.277 e. The van der Waals surface area contributed by atoms with Gasteiger partial charge in [-0.3, -0.25) is 9.69 Å². The predicted octanol–water partition coefficient (Wildman–Crippen LogP) is 3.97. The zero-order valence-electron chi connectivity index (χ0n) is 16.1. The van der Waals surface area contributed by atoms with Gasteiger partial charge in [0.25, 0.3) is 5.22 Å². The summed E-state index contributed by atoms with van der Waals surface area (Å²) in [6.45, 7) is 3.89. The van der Waals surface area contributed by atoms with Gasteiger partial charge in [0.05, 0.1) is 5.75 Å². The van der Waals surface area contributed by atoms with Gasteiger partial charge in [-0.1, -0.05) is 35.5 Å². The first-order valence-electron chi connectivity index (χ1n) is 9.53. The molecule has 6 nitrogen and oxygen atoms in total. The maximum Gasteiger partial charge on any atom is 0.277 e. The molecule has 0 N–H and O–H groups in total. The Bertz CT molecular complexity index is 989. The third kappa shape index (κ3) is 5.38. The summed E-state index contributed by atoms with van der Waals surface area (Å²) in [5, 5.41) is 8.98. The quantitative estimate of drug-likeness (QED) is 0.534. The molecule has 1 aromatic heterocycles. The maximum atomic E-state index is 13.0. The number of hydrogen-bond acceptors (Lipinski definition) is 6. The molecule has 4 rings (SSSR count). The van der Waals surface area contributed by atoms with E-state index in [1.807, 2.05) is 29.2 Å². The molecule has 9 heteroatoms. The van der Waals surface area contributed by atoms with Crippen LogP contribution in [0.3, 0.4) is 0 Å². The number of aromatic nitrogens is 2. The molecule has 0 saturated carbocycles. The molecule has 1 saturated heterocycles. The van der Waals surface area contributed by atoms with E-state index in [1.54, 1.807) is 12.1 Å². The van der Waals surface area contributed by atoms with Crippen molar-refractivity contribution < 1.29 is 13.6 Å². The highest BCUT2D eigenvalue weighted by molar-refractivity contribution is 7.99. The first-order valence-corrected chi connectivity index (χ1v) is 10.9. The van der Waals surface area contributed by atoms with E-state index in [2.05, 4.69) is 15.1 Å². The van der Waals surface area contributed by atoms with Gasteiger partial charge in [0, 0.05) is 43.3 Å². The molecular formula is C21H20ClFN4O2S. The zero-order valence-corrected chi connectivity index (χ0v) is 17.7. The molecule has 0 aliphatic carbocycles. The molecule has 0 bridgehead atoms. The fourth-order valence-electron chi connectivity index (χ4n) is 3.20. The van der Waals surface area contributed by atoms with Crippen LogP contribution in [0.15, 0.2) is 58.2 Å². The Balaban J connectivity index is 1.23. The Morgan fingerprint density at radius 1 is 1.03 bits per heavy atom. The SMILES string of the molecule is O=C(CSc1nnc(-c2ccc(F)cc2)o1)N1CCN(Cc2ccc(Cl)cc2)CC1. The molecule has 1 amide bonds. The second kappa shape index (κ2) is 9.59. The van der Waals surface area contributed by atoms with Crippen molar-refractivity contribution in [3.63, 3.8) is 0 Å². The van der Waals surface area contributed by atoms with Crippen LogP contribution in [-0.4, -0.2) is 57.8 Å². The van der Waals surface area contributed by atoms with E-state index in [0.717, 1.165) is 24.7 Å². The minimum absolute atomic E-state index is 0.0488. The van der Waals surface area contributed by atoms with Crippen molar-refractivity contribution in [3.05, 3.63) is 64.9 Å². The van der Waals surface area contributed by atoms with Crippen molar-refractivity contribution in [2.24, 2.45) is 0 Å². The minimum Gasteiger partial charge on any atom is -0.411 e. The maximum absolute atomic E-state index is 13.0. The Kier molecular flexibility index (Phi) is 6.66. The minimum atomic E-state index is -0.327. The van der Waals surface area contributed by atoms with Crippen molar-refractivity contribution in [2.75, 3.05) is 31.9 Å². The third-order valence-corrected chi connectivity index (χ3v) is 5.92. The van der Waals surface area contributed by atoms with Gasteiger partial charge in [0.1, 0.15) is 5.82 Å². The van der Waals surface area contributed by atoms with Crippen molar-refractivity contribution in [1.82, 2.24) is 20.0 Å². The summed E-state index contributed by atoms with van der Waals surface area (Å²) in [6.07, 6.45) is 0. The van der Waals surface area contributed by atoms with Gasteiger partial charge in [-0.15, -0.1) is 10.2 Å². The molecule has 0 atom stereocenters. The van der Waals surface area contributed by atoms with Crippen molar-refractivity contribution in [2.45, 2.75) is 11.8 Å². The predicted molar refractivity (Wildman–Crippen MR) is 114 cm³/mol. The number of benzene rings is 2. The first-order chi connectivity index (χ1) is 14.6. The normalized spacial score (nSPS) is 14.8. The Labute approximate surface area is 183 Å². The van der Waals surface area contributed by atoms with Gasteiger partial charge >= 0.3 is 0 Å². The first kappa shape index (κ1) is 20.8. The number of piperazine rings is 1. The van der Waals surface area contributed by atoms with E-state index in [-0.39, 0.29) is 17.5 Å². The van der Waals surface area contributed by atoms with E-state index in [0.29, 0.717) is 29.8 Å². The second-order valence-electron chi connectivity index (χ2n) is 6.95. The van der Waals surface area contributed by atoms with Crippen LogP contribution in [0.2, 0.25) is 5.02 Å². The fourth-order valence-corrected chi connectivity index (χ4v) is 3.99. The number of thioether (sulfide) groups is 1. The standard InChI is InChI=1S/C21H20ClFN4O2S/c22-17-5-1-15(2-6-17)13-26-9-11-27(12-10-26)19(28)14-30-21-25-24-20(29-21)16-3-7-18(23)8-4-16/h1-8H,9-14H2. The number of carbonyl (C=O) groups excluding carboxylic acids is 1. The van der Waals surface area contributed by atoms with E-state index < -0.39 is 0 Å². The van der Waals surface area contributed by atoms with Crippen LogP contribution in [0, 0.1) is 5.82 Å². The van der Waals surface area contributed by atoms with Crippen molar-refractivity contribution >= 4 is 29.3 Å².